The number of ether oxygens (including phenoxy) is 1. The zero-order valence-corrected chi connectivity index (χ0v) is 15.1. The number of carbonyl (C=O) groups is 1. The molecule has 1 N–H and O–H groups in total. The highest BCUT2D eigenvalue weighted by Crippen LogP contribution is 2.25. The van der Waals surface area contributed by atoms with Gasteiger partial charge in [0.15, 0.2) is 6.10 Å². The van der Waals surface area contributed by atoms with E-state index in [1.54, 1.807) is 0 Å². The first kappa shape index (κ1) is 17.8. The van der Waals surface area contributed by atoms with Gasteiger partial charge < -0.3 is 15.0 Å². The lowest BCUT2D eigenvalue weighted by Crippen LogP contribution is -2.48. The first-order valence-electron chi connectivity index (χ1n) is 8.53. The van der Waals surface area contributed by atoms with Crippen LogP contribution in [0.2, 0.25) is 0 Å². The van der Waals surface area contributed by atoms with Crippen LogP contribution in [-0.4, -0.2) is 43.1 Å². The molecule has 0 aliphatic carbocycles. The van der Waals surface area contributed by atoms with E-state index in [0.717, 1.165) is 31.7 Å². The molecule has 1 aromatic carbocycles. The lowest BCUT2D eigenvalue weighted by Gasteiger charge is -2.33. The fraction of sp³-hybridized carbons (Fsp3) is 0.632. The van der Waals surface area contributed by atoms with Crippen molar-refractivity contribution in [3.8, 4) is 5.75 Å². The Kier molecular flexibility index (Phi) is 5.69. The number of benzene rings is 1. The van der Waals surface area contributed by atoms with E-state index in [2.05, 4.69) is 38.2 Å². The van der Waals surface area contributed by atoms with Crippen LogP contribution >= 0.6 is 0 Å². The molecule has 4 nitrogen and oxygen atoms in total. The monoisotopic (exact) mass is 318 g/mol. The van der Waals surface area contributed by atoms with Gasteiger partial charge in [-0.3, -0.25) is 4.79 Å². The van der Waals surface area contributed by atoms with Crippen molar-refractivity contribution in [3.05, 3.63) is 29.8 Å². The van der Waals surface area contributed by atoms with Crippen LogP contribution in [0.3, 0.4) is 0 Å². The number of amides is 1. The smallest absolute Gasteiger partial charge is 0.263 e. The Morgan fingerprint density at radius 2 is 1.78 bits per heavy atom. The molecule has 0 aromatic heterocycles. The molecule has 4 heteroatoms. The van der Waals surface area contributed by atoms with E-state index in [1.807, 2.05) is 31.0 Å². The number of likely N-dealkylation sites (N-methyl/N-ethyl adjacent to an activating group) is 1. The van der Waals surface area contributed by atoms with Crippen LogP contribution in [0.1, 0.15) is 46.1 Å². The number of nitrogens with zero attached hydrogens (tertiary/aromatic N) is 1. The van der Waals surface area contributed by atoms with Crippen molar-refractivity contribution in [1.82, 2.24) is 10.2 Å². The summed E-state index contributed by atoms with van der Waals surface area (Å²) in [5.41, 5.74) is 1.38. The highest BCUT2D eigenvalue weighted by Gasteiger charge is 2.26. The summed E-state index contributed by atoms with van der Waals surface area (Å²) in [5, 5.41) is 3.33. The molecule has 1 atom stereocenters. The maximum absolute atomic E-state index is 12.6. The maximum Gasteiger partial charge on any atom is 0.263 e. The molecule has 1 amide bonds. The fourth-order valence-electron chi connectivity index (χ4n) is 2.95. The van der Waals surface area contributed by atoms with Crippen LogP contribution in [0.25, 0.3) is 0 Å². The summed E-state index contributed by atoms with van der Waals surface area (Å²) in [6, 6.07) is 8.37. The molecule has 128 valence electrons. The number of hydrogen-bond acceptors (Lipinski definition) is 3. The molecule has 1 aliphatic heterocycles. The molecule has 0 bridgehead atoms. The standard InChI is InChI=1S/C19H30N2O2/c1-14(18(22)21(5)16-10-12-20-13-11-16)23-17-8-6-15(7-9-17)19(2,3)4/h6-9,14,16,20H,10-13H2,1-5H3. The predicted molar refractivity (Wildman–Crippen MR) is 93.9 cm³/mol. The van der Waals surface area contributed by atoms with E-state index < -0.39 is 6.10 Å². The lowest BCUT2D eigenvalue weighted by atomic mass is 9.87. The Balaban J connectivity index is 1.95. The van der Waals surface area contributed by atoms with E-state index in [-0.39, 0.29) is 11.3 Å². The molecule has 2 rings (SSSR count). The summed E-state index contributed by atoms with van der Waals surface area (Å²) >= 11 is 0. The summed E-state index contributed by atoms with van der Waals surface area (Å²) < 4.78 is 5.85. The molecule has 1 heterocycles. The Hall–Kier alpha value is -1.55. The SMILES string of the molecule is CC(Oc1ccc(C(C)(C)C)cc1)C(=O)N(C)C1CCNCC1. The third-order valence-corrected chi connectivity index (χ3v) is 4.58. The zero-order chi connectivity index (χ0) is 17.0. The van der Waals surface area contributed by atoms with Gasteiger partial charge in [0.05, 0.1) is 0 Å². The summed E-state index contributed by atoms with van der Waals surface area (Å²) in [4.78, 5) is 14.4. The van der Waals surface area contributed by atoms with E-state index in [4.69, 9.17) is 4.74 Å². The minimum absolute atomic E-state index is 0.0526. The largest absolute Gasteiger partial charge is 0.481 e. The van der Waals surface area contributed by atoms with Crippen molar-refractivity contribution >= 4 is 5.91 Å². The van der Waals surface area contributed by atoms with Gasteiger partial charge in [-0.2, -0.15) is 0 Å². The number of hydrogen-bond donors (Lipinski definition) is 1. The Morgan fingerprint density at radius 1 is 1.22 bits per heavy atom. The van der Waals surface area contributed by atoms with Crippen LogP contribution in [-0.2, 0) is 10.2 Å². The summed E-state index contributed by atoms with van der Waals surface area (Å²) in [5.74, 6) is 0.800. The summed E-state index contributed by atoms with van der Waals surface area (Å²) in [6.45, 7) is 10.3. The van der Waals surface area contributed by atoms with E-state index in [9.17, 15) is 4.79 Å². The molecular weight excluding hydrogens is 288 g/mol. The normalized spacial score (nSPS) is 17.6. The van der Waals surface area contributed by atoms with Gasteiger partial charge in [-0.1, -0.05) is 32.9 Å². The van der Waals surface area contributed by atoms with E-state index >= 15 is 0 Å². The predicted octanol–water partition coefficient (Wildman–Crippen LogP) is 2.96. The molecule has 0 radical (unpaired) electrons. The molecule has 0 saturated carbocycles. The maximum atomic E-state index is 12.6. The number of rotatable bonds is 4. The van der Waals surface area contributed by atoms with Gasteiger partial charge in [0, 0.05) is 13.1 Å². The van der Waals surface area contributed by atoms with E-state index in [1.165, 1.54) is 5.56 Å². The third-order valence-electron chi connectivity index (χ3n) is 4.58. The van der Waals surface area contributed by atoms with Gasteiger partial charge in [0.2, 0.25) is 0 Å². The second-order valence-electron chi connectivity index (χ2n) is 7.46. The van der Waals surface area contributed by atoms with Gasteiger partial charge in [-0.05, 0) is 56.0 Å². The van der Waals surface area contributed by atoms with Crippen LogP contribution < -0.4 is 10.1 Å². The van der Waals surface area contributed by atoms with Gasteiger partial charge >= 0.3 is 0 Å². The first-order valence-corrected chi connectivity index (χ1v) is 8.53. The van der Waals surface area contributed by atoms with Crippen molar-refractivity contribution in [2.24, 2.45) is 0 Å². The van der Waals surface area contributed by atoms with Gasteiger partial charge in [-0.15, -0.1) is 0 Å². The molecule has 1 fully saturated rings. The molecule has 1 unspecified atom stereocenters. The topological polar surface area (TPSA) is 41.6 Å². The Morgan fingerprint density at radius 3 is 2.30 bits per heavy atom. The second kappa shape index (κ2) is 7.35. The quantitative estimate of drug-likeness (QED) is 0.928. The number of piperidine rings is 1. The van der Waals surface area contributed by atoms with Crippen LogP contribution in [0.4, 0.5) is 0 Å². The lowest BCUT2D eigenvalue weighted by molar-refractivity contribution is -0.139. The highest BCUT2D eigenvalue weighted by molar-refractivity contribution is 5.81. The van der Waals surface area contributed by atoms with Crippen molar-refractivity contribution in [3.63, 3.8) is 0 Å². The second-order valence-corrected chi connectivity index (χ2v) is 7.46. The van der Waals surface area contributed by atoms with Crippen LogP contribution in [0.15, 0.2) is 24.3 Å². The molecule has 0 spiro atoms. The summed E-state index contributed by atoms with van der Waals surface area (Å²) in [7, 11) is 1.89. The first-order chi connectivity index (χ1) is 10.8. The minimum atomic E-state index is -0.463. The van der Waals surface area contributed by atoms with Crippen molar-refractivity contribution in [1.29, 1.82) is 0 Å². The fourth-order valence-corrected chi connectivity index (χ4v) is 2.95. The minimum Gasteiger partial charge on any atom is -0.481 e. The Labute approximate surface area is 140 Å². The van der Waals surface area contributed by atoms with Crippen LogP contribution in [0.5, 0.6) is 5.75 Å². The number of nitrogens with one attached hydrogen (secondary N) is 1. The average Bonchev–Trinajstić information content (AvgIpc) is 2.54. The van der Waals surface area contributed by atoms with E-state index in [0.29, 0.717) is 6.04 Å². The van der Waals surface area contributed by atoms with Crippen molar-refractivity contribution in [2.45, 2.75) is 58.1 Å². The number of carbonyl (C=O) groups excluding carboxylic acids is 1. The molecule has 23 heavy (non-hydrogen) atoms. The van der Waals surface area contributed by atoms with Gasteiger partial charge in [0.1, 0.15) is 5.75 Å². The molecular formula is C19H30N2O2. The highest BCUT2D eigenvalue weighted by atomic mass is 16.5. The third kappa shape index (κ3) is 4.71. The van der Waals surface area contributed by atoms with Gasteiger partial charge in [-0.25, -0.2) is 0 Å². The molecule has 1 aromatic rings. The molecule has 1 aliphatic rings. The summed E-state index contributed by atoms with van der Waals surface area (Å²) in [6.07, 6.45) is 1.56. The zero-order valence-electron chi connectivity index (χ0n) is 15.1. The van der Waals surface area contributed by atoms with Crippen molar-refractivity contribution in [2.75, 3.05) is 20.1 Å². The van der Waals surface area contributed by atoms with Crippen LogP contribution in [0, 0.1) is 0 Å². The molecule has 1 saturated heterocycles. The average molecular weight is 318 g/mol. The Bertz CT molecular complexity index is 513. The van der Waals surface area contributed by atoms with Gasteiger partial charge in [0.25, 0.3) is 5.91 Å². The van der Waals surface area contributed by atoms with Crippen molar-refractivity contribution < 1.29 is 9.53 Å².